The summed E-state index contributed by atoms with van der Waals surface area (Å²) in [7, 11) is 1.64. The number of nitrogens with zero attached hydrogens (tertiary/aromatic N) is 2. The zero-order chi connectivity index (χ0) is 10.5. The van der Waals surface area contributed by atoms with Crippen LogP contribution in [-0.2, 0) is 0 Å². The molecule has 0 radical (unpaired) electrons. The highest BCUT2D eigenvalue weighted by Gasteiger charge is 2.17. The molecule has 0 atom stereocenters. The average molecular weight is 190 g/mol. The van der Waals surface area contributed by atoms with Crippen LogP contribution in [0.25, 0.3) is 0 Å². The molecule has 0 unspecified atom stereocenters. The maximum Gasteiger partial charge on any atom is 0.251 e. The molecule has 0 spiro atoms. The number of halogens is 2. The van der Waals surface area contributed by atoms with Crippen LogP contribution in [0.1, 0.15) is 20.3 Å². The molecule has 13 heavy (non-hydrogen) atoms. The van der Waals surface area contributed by atoms with Gasteiger partial charge >= 0.3 is 0 Å². The Morgan fingerprint density at radius 2 is 2.00 bits per heavy atom. The summed E-state index contributed by atoms with van der Waals surface area (Å²) in [5, 5.41) is 8.67. The molecule has 0 fully saturated rings. The maximum atomic E-state index is 11.9. The molecule has 0 aliphatic carbocycles. The molecule has 4 heteroatoms. The molecular formula is C9H16F2N2. The zero-order valence-electron chi connectivity index (χ0n) is 8.35. The van der Waals surface area contributed by atoms with Crippen LogP contribution in [0.15, 0.2) is 0 Å². The van der Waals surface area contributed by atoms with Crippen molar-refractivity contribution < 1.29 is 8.78 Å². The van der Waals surface area contributed by atoms with Crippen molar-refractivity contribution in [3.63, 3.8) is 0 Å². The van der Waals surface area contributed by atoms with Gasteiger partial charge in [0, 0.05) is 0 Å². The topological polar surface area (TPSA) is 27.0 Å². The molecule has 2 nitrogen and oxygen atoms in total. The summed E-state index contributed by atoms with van der Waals surface area (Å²) < 4.78 is 23.8. The molecule has 0 aliphatic heterocycles. The van der Waals surface area contributed by atoms with Gasteiger partial charge in [0.1, 0.15) is 0 Å². The van der Waals surface area contributed by atoms with E-state index in [0.29, 0.717) is 13.0 Å². The quantitative estimate of drug-likeness (QED) is 0.664. The van der Waals surface area contributed by atoms with Crippen LogP contribution in [0.5, 0.6) is 0 Å². The van der Waals surface area contributed by atoms with E-state index in [1.165, 1.54) is 0 Å². The van der Waals surface area contributed by atoms with Crippen LogP contribution >= 0.6 is 0 Å². The molecule has 0 saturated heterocycles. The maximum absolute atomic E-state index is 11.9. The molecule has 76 valence electrons. The van der Waals surface area contributed by atoms with Crippen molar-refractivity contribution >= 4 is 0 Å². The van der Waals surface area contributed by atoms with Crippen LogP contribution in [0.2, 0.25) is 0 Å². The largest absolute Gasteiger partial charge is 0.301 e. The Kier molecular flexibility index (Phi) is 4.86. The first-order valence-electron chi connectivity index (χ1n) is 4.25. The molecule has 0 aromatic heterocycles. The fourth-order valence-corrected chi connectivity index (χ4v) is 0.853. The van der Waals surface area contributed by atoms with Gasteiger partial charge in [-0.3, -0.25) is 0 Å². The summed E-state index contributed by atoms with van der Waals surface area (Å²) in [6.45, 7) is 3.93. The minimum absolute atomic E-state index is 0.221. The Morgan fingerprint density at radius 1 is 1.46 bits per heavy atom. The smallest absolute Gasteiger partial charge is 0.251 e. The van der Waals surface area contributed by atoms with Crippen molar-refractivity contribution in [2.24, 2.45) is 5.41 Å². The molecule has 0 aromatic carbocycles. The Bertz CT molecular complexity index is 185. The fraction of sp³-hybridized carbons (Fsp3) is 0.889. The first-order valence-corrected chi connectivity index (χ1v) is 4.25. The van der Waals surface area contributed by atoms with Gasteiger partial charge < -0.3 is 4.90 Å². The van der Waals surface area contributed by atoms with Gasteiger partial charge in [-0.05, 0) is 33.9 Å². The van der Waals surface area contributed by atoms with Crippen LogP contribution in [0.3, 0.4) is 0 Å². The van der Waals surface area contributed by atoms with Gasteiger partial charge in [0.15, 0.2) is 0 Å². The van der Waals surface area contributed by atoms with Crippen molar-refractivity contribution in [3.8, 4) is 6.07 Å². The minimum Gasteiger partial charge on any atom is -0.301 e. The Balaban J connectivity index is 3.71. The minimum atomic E-state index is -2.30. The Morgan fingerprint density at radius 3 is 2.38 bits per heavy atom. The molecule has 0 N–H and O–H groups in total. The van der Waals surface area contributed by atoms with Crippen LogP contribution < -0.4 is 0 Å². The van der Waals surface area contributed by atoms with Crippen LogP contribution in [-0.4, -0.2) is 31.5 Å². The lowest BCUT2D eigenvalue weighted by molar-refractivity contribution is 0.0966. The highest BCUT2D eigenvalue weighted by molar-refractivity contribution is 4.91. The van der Waals surface area contributed by atoms with Crippen molar-refractivity contribution in [1.82, 2.24) is 4.90 Å². The van der Waals surface area contributed by atoms with E-state index in [1.54, 1.807) is 11.9 Å². The molecule has 0 heterocycles. The lowest BCUT2D eigenvalue weighted by Gasteiger charge is -2.21. The third-order valence-electron chi connectivity index (χ3n) is 1.87. The van der Waals surface area contributed by atoms with Gasteiger partial charge in [-0.1, -0.05) is 0 Å². The van der Waals surface area contributed by atoms with Gasteiger partial charge in [-0.25, -0.2) is 8.78 Å². The standard InChI is InChI=1S/C9H16F2N2/c1-9(2,7-12)4-5-13(3)6-8(10)11/h8H,4-6H2,1-3H3. The lowest BCUT2D eigenvalue weighted by Crippen LogP contribution is -2.28. The van der Waals surface area contributed by atoms with Crippen molar-refractivity contribution in [2.45, 2.75) is 26.7 Å². The molecule has 0 aromatic rings. The summed E-state index contributed by atoms with van der Waals surface area (Å²) >= 11 is 0. The summed E-state index contributed by atoms with van der Waals surface area (Å²) in [5.41, 5.74) is -0.420. The van der Waals surface area contributed by atoms with Gasteiger partial charge in [-0.2, -0.15) is 5.26 Å². The van der Waals surface area contributed by atoms with Crippen LogP contribution in [0.4, 0.5) is 8.78 Å². The number of hydrogen-bond donors (Lipinski definition) is 0. The molecule has 0 amide bonds. The van der Waals surface area contributed by atoms with E-state index in [4.69, 9.17) is 5.26 Å². The summed E-state index contributed by atoms with van der Waals surface area (Å²) in [5.74, 6) is 0. The van der Waals surface area contributed by atoms with Gasteiger partial charge in [0.05, 0.1) is 18.0 Å². The summed E-state index contributed by atoms with van der Waals surface area (Å²) in [4.78, 5) is 1.55. The van der Waals surface area contributed by atoms with E-state index in [2.05, 4.69) is 6.07 Å². The molecule has 0 bridgehead atoms. The first-order chi connectivity index (χ1) is 5.87. The predicted molar refractivity (Wildman–Crippen MR) is 47.5 cm³/mol. The second kappa shape index (κ2) is 5.13. The summed E-state index contributed by atoms with van der Waals surface area (Å²) in [6.07, 6.45) is -1.68. The van der Waals surface area contributed by atoms with Gasteiger partial charge in [0.2, 0.25) is 0 Å². The molecule has 0 aliphatic rings. The monoisotopic (exact) mass is 190 g/mol. The highest BCUT2D eigenvalue weighted by Crippen LogP contribution is 2.18. The third-order valence-corrected chi connectivity index (χ3v) is 1.87. The van der Waals surface area contributed by atoms with Gasteiger partial charge in [0.25, 0.3) is 6.43 Å². The predicted octanol–water partition coefficient (Wildman–Crippen LogP) is 2.12. The zero-order valence-corrected chi connectivity index (χ0v) is 8.35. The van der Waals surface area contributed by atoms with E-state index in [9.17, 15) is 8.78 Å². The van der Waals surface area contributed by atoms with Crippen molar-refractivity contribution in [2.75, 3.05) is 20.1 Å². The summed E-state index contributed by atoms with van der Waals surface area (Å²) in [6, 6.07) is 2.14. The third kappa shape index (κ3) is 6.47. The second-order valence-corrected chi connectivity index (χ2v) is 3.90. The van der Waals surface area contributed by atoms with E-state index >= 15 is 0 Å². The molecular weight excluding hydrogens is 174 g/mol. The first kappa shape index (κ1) is 12.3. The van der Waals surface area contributed by atoms with Crippen LogP contribution in [0, 0.1) is 16.7 Å². The SMILES string of the molecule is CN(CCC(C)(C)C#N)CC(F)F. The second-order valence-electron chi connectivity index (χ2n) is 3.90. The molecule has 0 saturated carbocycles. The number of nitriles is 1. The van der Waals surface area contributed by atoms with Gasteiger partial charge in [-0.15, -0.1) is 0 Å². The Labute approximate surface area is 78.1 Å². The highest BCUT2D eigenvalue weighted by atomic mass is 19.3. The van der Waals surface area contributed by atoms with Crippen molar-refractivity contribution in [1.29, 1.82) is 5.26 Å². The average Bonchev–Trinajstić information content (AvgIpc) is 2.00. The normalized spacial score (nSPS) is 12.2. The van der Waals surface area contributed by atoms with E-state index in [1.807, 2.05) is 13.8 Å². The number of hydrogen-bond acceptors (Lipinski definition) is 2. The van der Waals surface area contributed by atoms with E-state index in [0.717, 1.165) is 0 Å². The Hall–Kier alpha value is -0.690. The molecule has 0 rings (SSSR count). The number of alkyl halides is 2. The van der Waals surface area contributed by atoms with Crippen molar-refractivity contribution in [3.05, 3.63) is 0 Å². The fourth-order valence-electron chi connectivity index (χ4n) is 0.853. The van der Waals surface area contributed by atoms with E-state index in [-0.39, 0.29) is 6.54 Å². The number of rotatable bonds is 5. The lowest BCUT2D eigenvalue weighted by atomic mass is 9.91. The van der Waals surface area contributed by atoms with E-state index < -0.39 is 11.8 Å².